The monoisotopic (exact) mass is 293 g/mol. The van der Waals surface area contributed by atoms with Crippen LogP contribution in [0.2, 0.25) is 5.02 Å². The summed E-state index contributed by atoms with van der Waals surface area (Å²) < 4.78 is 1.91. The van der Waals surface area contributed by atoms with Crippen LogP contribution < -0.4 is 5.32 Å². The largest absolute Gasteiger partial charge is 0.394 e. The van der Waals surface area contributed by atoms with Crippen LogP contribution in [-0.2, 0) is 6.54 Å². The van der Waals surface area contributed by atoms with E-state index in [-0.39, 0.29) is 18.7 Å². The molecule has 2 N–H and O–H groups in total. The second-order valence-corrected chi connectivity index (χ2v) is 5.35. The average molecular weight is 294 g/mol. The molecule has 0 saturated carbocycles. The van der Waals surface area contributed by atoms with Gasteiger partial charge in [0.25, 0.3) is 0 Å². The Kier molecular flexibility index (Phi) is 5.59. The summed E-state index contributed by atoms with van der Waals surface area (Å²) in [5.74, 6) is 0. The maximum Gasteiger partial charge on any atom is 0.0626 e. The molecule has 4 nitrogen and oxygen atoms in total. The third kappa shape index (κ3) is 4.34. The van der Waals surface area contributed by atoms with Crippen molar-refractivity contribution in [2.24, 2.45) is 0 Å². The predicted molar refractivity (Wildman–Crippen MR) is 80.7 cm³/mol. The van der Waals surface area contributed by atoms with Gasteiger partial charge in [-0.15, -0.1) is 0 Å². The molecule has 1 heterocycles. The lowest BCUT2D eigenvalue weighted by atomic mass is 10.1. The number of aliphatic hydroxyl groups excluding tert-OH is 1. The molecule has 0 bridgehead atoms. The maximum absolute atomic E-state index is 9.54. The molecule has 5 heteroatoms. The molecular weight excluding hydrogens is 274 g/mol. The Labute approximate surface area is 124 Å². The van der Waals surface area contributed by atoms with E-state index in [2.05, 4.69) is 17.3 Å². The lowest BCUT2D eigenvalue weighted by Gasteiger charge is -2.22. The van der Waals surface area contributed by atoms with Crippen LogP contribution in [0.3, 0.4) is 0 Å². The highest BCUT2D eigenvalue weighted by Gasteiger charge is 2.13. The molecule has 0 saturated heterocycles. The van der Waals surface area contributed by atoms with Crippen LogP contribution in [0.4, 0.5) is 0 Å². The van der Waals surface area contributed by atoms with Gasteiger partial charge in [-0.1, -0.05) is 23.7 Å². The molecule has 0 radical (unpaired) electrons. The van der Waals surface area contributed by atoms with E-state index in [0.717, 1.165) is 18.5 Å². The Morgan fingerprint density at radius 2 is 2.10 bits per heavy atom. The minimum atomic E-state index is -0.0695. The van der Waals surface area contributed by atoms with Crippen molar-refractivity contribution in [3.63, 3.8) is 0 Å². The predicted octanol–water partition coefficient (Wildman–Crippen LogP) is 2.64. The second kappa shape index (κ2) is 7.43. The fraction of sp³-hybridized carbons (Fsp3) is 0.400. The van der Waals surface area contributed by atoms with E-state index in [1.165, 1.54) is 0 Å². The number of aromatic nitrogens is 2. The number of benzene rings is 1. The Hall–Kier alpha value is -1.36. The Balaban J connectivity index is 1.87. The minimum Gasteiger partial charge on any atom is -0.394 e. The number of halogens is 1. The molecule has 2 atom stereocenters. The highest BCUT2D eigenvalue weighted by atomic mass is 35.5. The zero-order valence-corrected chi connectivity index (χ0v) is 12.3. The van der Waals surface area contributed by atoms with E-state index < -0.39 is 0 Å². The third-order valence-electron chi connectivity index (χ3n) is 3.29. The van der Waals surface area contributed by atoms with Crippen LogP contribution >= 0.6 is 11.6 Å². The summed E-state index contributed by atoms with van der Waals surface area (Å²) in [6.07, 6.45) is 4.68. The van der Waals surface area contributed by atoms with E-state index in [4.69, 9.17) is 11.6 Å². The third-order valence-corrected chi connectivity index (χ3v) is 3.54. The van der Waals surface area contributed by atoms with Crippen LogP contribution in [-0.4, -0.2) is 27.5 Å². The summed E-state index contributed by atoms with van der Waals surface area (Å²) in [6, 6.07) is 9.70. The van der Waals surface area contributed by atoms with Gasteiger partial charge in [0.1, 0.15) is 0 Å². The minimum absolute atomic E-state index is 0.0632. The van der Waals surface area contributed by atoms with Crippen LogP contribution in [0.5, 0.6) is 0 Å². The van der Waals surface area contributed by atoms with Crippen LogP contribution in [0, 0.1) is 0 Å². The Morgan fingerprint density at radius 3 is 2.70 bits per heavy atom. The molecule has 2 aromatic rings. The lowest BCUT2D eigenvalue weighted by molar-refractivity contribution is 0.231. The zero-order chi connectivity index (χ0) is 14.4. The van der Waals surface area contributed by atoms with Crippen molar-refractivity contribution in [3.05, 3.63) is 53.3 Å². The Morgan fingerprint density at radius 1 is 1.35 bits per heavy atom. The van der Waals surface area contributed by atoms with Crippen molar-refractivity contribution in [2.45, 2.75) is 32.0 Å². The smallest absolute Gasteiger partial charge is 0.0626 e. The normalized spacial score (nSPS) is 14.2. The first-order valence-corrected chi connectivity index (χ1v) is 7.16. The van der Waals surface area contributed by atoms with Gasteiger partial charge in [-0.2, -0.15) is 5.10 Å². The quantitative estimate of drug-likeness (QED) is 0.825. The molecule has 0 aliphatic heterocycles. The molecule has 20 heavy (non-hydrogen) atoms. The van der Waals surface area contributed by atoms with Gasteiger partial charge in [0, 0.05) is 30.0 Å². The van der Waals surface area contributed by atoms with E-state index in [1.807, 2.05) is 41.2 Å². The van der Waals surface area contributed by atoms with E-state index >= 15 is 0 Å². The lowest BCUT2D eigenvalue weighted by Crippen LogP contribution is -2.33. The standard InChI is InChI=1S/C15H20ClN3O/c1-12(7-10-19-9-2-8-17-19)18-15(11-20)13-3-5-14(16)6-4-13/h2-6,8-9,12,15,18,20H,7,10-11H2,1H3. The molecule has 108 valence electrons. The van der Waals surface area contributed by atoms with Crippen LogP contribution in [0.25, 0.3) is 0 Å². The van der Waals surface area contributed by atoms with Gasteiger partial charge in [-0.25, -0.2) is 0 Å². The first-order valence-electron chi connectivity index (χ1n) is 6.79. The van der Waals surface area contributed by atoms with E-state index in [0.29, 0.717) is 5.02 Å². The summed E-state index contributed by atoms with van der Waals surface area (Å²) in [5.41, 5.74) is 1.04. The van der Waals surface area contributed by atoms with Crippen LogP contribution in [0.15, 0.2) is 42.7 Å². The van der Waals surface area contributed by atoms with Gasteiger partial charge >= 0.3 is 0 Å². The summed E-state index contributed by atoms with van der Waals surface area (Å²) in [6.45, 7) is 3.04. The molecule has 0 spiro atoms. The first-order chi connectivity index (χ1) is 9.69. The topological polar surface area (TPSA) is 50.1 Å². The number of hydrogen-bond acceptors (Lipinski definition) is 3. The molecule has 2 unspecified atom stereocenters. The number of nitrogens with zero attached hydrogens (tertiary/aromatic N) is 2. The van der Waals surface area contributed by atoms with Crippen molar-refractivity contribution in [1.29, 1.82) is 0 Å². The summed E-state index contributed by atoms with van der Waals surface area (Å²) in [4.78, 5) is 0. The average Bonchev–Trinajstić information content (AvgIpc) is 2.97. The van der Waals surface area contributed by atoms with Crippen molar-refractivity contribution >= 4 is 11.6 Å². The van der Waals surface area contributed by atoms with Gasteiger partial charge in [0.15, 0.2) is 0 Å². The molecule has 2 rings (SSSR count). The van der Waals surface area contributed by atoms with Gasteiger partial charge < -0.3 is 10.4 Å². The van der Waals surface area contributed by atoms with Crippen molar-refractivity contribution in [1.82, 2.24) is 15.1 Å². The molecule has 0 aliphatic rings. The molecular formula is C15H20ClN3O. The SMILES string of the molecule is CC(CCn1cccn1)NC(CO)c1ccc(Cl)cc1. The summed E-state index contributed by atoms with van der Waals surface area (Å²) >= 11 is 5.88. The van der Waals surface area contributed by atoms with Crippen molar-refractivity contribution < 1.29 is 5.11 Å². The molecule has 0 aliphatic carbocycles. The molecule has 1 aromatic carbocycles. The van der Waals surface area contributed by atoms with Crippen molar-refractivity contribution in [2.75, 3.05) is 6.61 Å². The molecule has 0 amide bonds. The van der Waals surface area contributed by atoms with Gasteiger partial charge in [-0.05, 0) is 37.1 Å². The fourth-order valence-corrected chi connectivity index (χ4v) is 2.26. The maximum atomic E-state index is 9.54. The van der Waals surface area contributed by atoms with Gasteiger partial charge in [0.2, 0.25) is 0 Å². The number of nitrogens with one attached hydrogen (secondary N) is 1. The second-order valence-electron chi connectivity index (χ2n) is 4.91. The number of aliphatic hydroxyl groups is 1. The van der Waals surface area contributed by atoms with Gasteiger partial charge in [-0.3, -0.25) is 4.68 Å². The highest BCUT2D eigenvalue weighted by molar-refractivity contribution is 6.30. The number of aryl methyl sites for hydroxylation is 1. The highest BCUT2D eigenvalue weighted by Crippen LogP contribution is 2.17. The zero-order valence-electron chi connectivity index (χ0n) is 11.5. The molecule has 1 aromatic heterocycles. The molecule has 0 fully saturated rings. The summed E-state index contributed by atoms with van der Waals surface area (Å²) in [5, 5.41) is 17.9. The van der Waals surface area contributed by atoms with E-state index in [1.54, 1.807) is 6.20 Å². The number of rotatable bonds is 7. The van der Waals surface area contributed by atoms with Gasteiger partial charge in [0.05, 0.1) is 12.6 Å². The first kappa shape index (κ1) is 15.0. The van der Waals surface area contributed by atoms with E-state index in [9.17, 15) is 5.11 Å². The number of hydrogen-bond donors (Lipinski definition) is 2. The fourth-order valence-electron chi connectivity index (χ4n) is 2.13. The van der Waals surface area contributed by atoms with Crippen molar-refractivity contribution in [3.8, 4) is 0 Å². The summed E-state index contributed by atoms with van der Waals surface area (Å²) in [7, 11) is 0. The van der Waals surface area contributed by atoms with Crippen LogP contribution in [0.1, 0.15) is 24.9 Å². The Bertz CT molecular complexity index is 498.